The predicted octanol–water partition coefficient (Wildman–Crippen LogP) is 0.428. The molecule has 38 heavy (non-hydrogen) atoms. The van der Waals surface area contributed by atoms with Gasteiger partial charge in [-0.3, -0.25) is 19.3 Å². The van der Waals surface area contributed by atoms with Crippen LogP contribution in [-0.4, -0.2) is 74.8 Å². The maximum Gasteiger partial charge on any atom is 0.356 e. The molecule has 2 aromatic rings. The Hall–Kier alpha value is -4.79. The Morgan fingerprint density at radius 1 is 1.32 bits per heavy atom. The molecule has 3 amide bonds. The van der Waals surface area contributed by atoms with E-state index >= 15 is 0 Å². The summed E-state index contributed by atoms with van der Waals surface area (Å²) in [5.41, 5.74) is 4.86. The number of benzene rings is 1. The van der Waals surface area contributed by atoms with Crippen LogP contribution in [-0.2, 0) is 23.9 Å². The van der Waals surface area contributed by atoms with Gasteiger partial charge in [-0.15, -0.1) is 11.3 Å². The Labute approximate surface area is 217 Å². The molecule has 0 unspecified atom stereocenters. The van der Waals surface area contributed by atoms with E-state index in [1.54, 1.807) is 6.07 Å². The number of amides is 3. The van der Waals surface area contributed by atoms with E-state index in [9.17, 15) is 33.9 Å². The van der Waals surface area contributed by atoms with Crippen LogP contribution < -0.4 is 16.0 Å². The van der Waals surface area contributed by atoms with Crippen LogP contribution in [0.15, 0.2) is 57.9 Å². The third-order valence-electron chi connectivity index (χ3n) is 6.25. The smallest absolute Gasteiger partial charge is 0.356 e. The van der Waals surface area contributed by atoms with Crippen LogP contribution >= 0.6 is 11.3 Å². The molecule has 2 atom stereocenters. The molecule has 15 heteroatoms. The molecule has 0 spiro atoms. The molecular formula is C23H19FN6O7S. The van der Waals surface area contributed by atoms with E-state index in [1.807, 2.05) is 0 Å². The zero-order valence-corrected chi connectivity index (χ0v) is 20.1. The van der Waals surface area contributed by atoms with Gasteiger partial charge in [-0.1, -0.05) is 17.3 Å². The van der Waals surface area contributed by atoms with Gasteiger partial charge in [0.25, 0.3) is 17.7 Å². The number of oxime groups is 1. The van der Waals surface area contributed by atoms with Gasteiger partial charge in [0.1, 0.15) is 30.2 Å². The zero-order chi connectivity index (χ0) is 27.1. The van der Waals surface area contributed by atoms with Gasteiger partial charge in [0, 0.05) is 17.5 Å². The van der Waals surface area contributed by atoms with Crippen molar-refractivity contribution in [3.63, 3.8) is 0 Å². The number of nitrogen functional groups attached to an aromatic ring is 1. The van der Waals surface area contributed by atoms with Crippen LogP contribution in [0.3, 0.4) is 0 Å². The van der Waals surface area contributed by atoms with E-state index in [4.69, 9.17) is 10.5 Å². The molecule has 5 rings (SSSR count). The highest BCUT2D eigenvalue weighted by atomic mass is 32.1. The number of halogens is 1. The fourth-order valence-electron chi connectivity index (χ4n) is 4.46. The molecule has 1 aromatic heterocycles. The first-order chi connectivity index (χ1) is 18.2. The van der Waals surface area contributed by atoms with Crippen molar-refractivity contribution in [2.24, 2.45) is 5.16 Å². The van der Waals surface area contributed by atoms with E-state index in [0.29, 0.717) is 0 Å². The monoisotopic (exact) mass is 542 g/mol. The van der Waals surface area contributed by atoms with E-state index < -0.39 is 53.0 Å². The van der Waals surface area contributed by atoms with Crippen molar-refractivity contribution in [1.82, 2.24) is 15.2 Å². The highest BCUT2D eigenvalue weighted by Gasteiger charge is 2.55. The lowest BCUT2D eigenvalue weighted by atomic mass is 9.92. The molecule has 13 nitrogen and oxygen atoms in total. The molecule has 0 radical (unpaired) electrons. The second kappa shape index (κ2) is 9.59. The Bertz CT molecular complexity index is 1470. The Balaban J connectivity index is 1.36. The molecule has 4 heterocycles. The first-order valence-electron chi connectivity index (χ1n) is 11.2. The Morgan fingerprint density at radius 2 is 2.08 bits per heavy atom. The number of rotatable bonds is 6. The number of carboxylic acid groups (broad SMARTS) is 1. The first kappa shape index (κ1) is 24.9. The second-order valence-electron chi connectivity index (χ2n) is 8.40. The number of β-lactam (4-membered cyclic amide) rings is 1. The molecule has 0 bridgehead atoms. The number of allylic oxidation sites excluding steroid dienone is 1. The largest absolute Gasteiger partial charge is 0.489 e. The molecule has 5 N–H and O–H groups in total. The van der Waals surface area contributed by atoms with Gasteiger partial charge >= 0.3 is 5.97 Å². The quantitative estimate of drug-likeness (QED) is 0.132. The van der Waals surface area contributed by atoms with Crippen LogP contribution in [0, 0.1) is 5.82 Å². The van der Waals surface area contributed by atoms with Gasteiger partial charge in [-0.05, 0) is 24.6 Å². The standard InChI is InChI=1S/C23H19FN6O7S/c24-11-3-1-2-4-13(11)29-6-5-10(20(29)32)7-15-18(22(34)35)30-14(8-37-15)17(21(30)33)27-19(31)16(28-36)12-9-38-23(25)26-12/h1-4,7,9,14,17,36H,5-6,8H2,(H2,25,26)(H,27,31)(H,34,35)/b10-7+,28-16-/t14-,17+/m1/s1. The molecular weight excluding hydrogens is 523 g/mol. The van der Waals surface area contributed by atoms with Crippen molar-refractivity contribution >= 4 is 51.6 Å². The van der Waals surface area contributed by atoms with Gasteiger partial charge in [0.05, 0.1) is 5.69 Å². The number of fused-ring (bicyclic) bond motifs is 1. The Morgan fingerprint density at radius 3 is 2.74 bits per heavy atom. The fraction of sp³-hybridized carbons (Fsp3) is 0.217. The highest BCUT2D eigenvalue weighted by molar-refractivity contribution is 7.13. The predicted molar refractivity (Wildman–Crippen MR) is 129 cm³/mol. The maximum atomic E-state index is 14.2. The molecule has 2 saturated heterocycles. The summed E-state index contributed by atoms with van der Waals surface area (Å²) >= 11 is 1.02. The summed E-state index contributed by atoms with van der Waals surface area (Å²) in [5.74, 6) is -4.43. The summed E-state index contributed by atoms with van der Waals surface area (Å²) in [5, 5.41) is 26.0. The van der Waals surface area contributed by atoms with E-state index in [1.165, 1.54) is 34.6 Å². The number of hydrogen-bond acceptors (Lipinski definition) is 10. The molecule has 3 aliphatic heterocycles. The number of thiazole rings is 1. The van der Waals surface area contributed by atoms with Crippen molar-refractivity contribution in [2.45, 2.75) is 18.5 Å². The number of ether oxygens (including phenoxy) is 1. The minimum atomic E-state index is -1.48. The third kappa shape index (κ3) is 4.11. The summed E-state index contributed by atoms with van der Waals surface area (Å²) in [4.78, 5) is 56.6. The number of aliphatic carboxylic acids is 1. The number of hydrogen-bond donors (Lipinski definition) is 4. The van der Waals surface area contributed by atoms with Crippen molar-refractivity contribution in [3.8, 4) is 0 Å². The summed E-state index contributed by atoms with van der Waals surface area (Å²) in [6.45, 7) is -0.00686. The minimum absolute atomic E-state index is 0.00159. The number of carboxylic acids is 1. The van der Waals surface area contributed by atoms with Gasteiger partial charge in [-0.2, -0.15) is 0 Å². The van der Waals surface area contributed by atoms with Gasteiger partial charge in [-0.25, -0.2) is 14.2 Å². The van der Waals surface area contributed by atoms with E-state index in [0.717, 1.165) is 16.2 Å². The third-order valence-corrected chi connectivity index (χ3v) is 6.92. The molecule has 0 aliphatic carbocycles. The summed E-state index contributed by atoms with van der Waals surface area (Å²) in [6.07, 6.45) is 1.44. The van der Waals surface area contributed by atoms with Crippen molar-refractivity contribution in [2.75, 3.05) is 23.8 Å². The highest BCUT2D eigenvalue weighted by Crippen LogP contribution is 2.35. The normalized spacial score (nSPS) is 22.3. The summed E-state index contributed by atoms with van der Waals surface area (Å²) in [7, 11) is 0. The summed E-state index contributed by atoms with van der Waals surface area (Å²) in [6, 6.07) is 3.75. The molecule has 1 aromatic carbocycles. The second-order valence-corrected chi connectivity index (χ2v) is 9.29. The van der Waals surface area contributed by atoms with Crippen LogP contribution in [0.25, 0.3) is 0 Å². The van der Waals surface area contributed by atoms with Crippen LogP contribution in [0.1, 0.15) is 12.1 Å². The van der Waals surface area contributed by atoms with Crippen LogP contribution in [0.2, 0.25) is 0 Å². The average molecular weight is 543 g/mol. The van der Waals surface area contributed by atoms with Crippen molar-refractivity contribution in [3.05, 3.63) is 64.3 Å². The first-order valence-corrected chi connectivity index (χ1v) is 12.0. The maximum absolute atomic E-state index is 14.2. The number of anilines is 2. The number of nitrogens with two attached hydrogens (primary N) is 1. The average Bonchev–Trinajstić information content (AvgIpc) is 3.48. The van der Waals surface area contributed by atoms with E-state index in [2.05, 4.69) is 15.5 Å². The lowest BCUT2D eigenvalue weighted by molar-refractivity contribution is -0.159. The number of carbonyl (C=O) groups is 4. The van der Waals surface area contributed by atoms with Crippen molar-refractivity contribution < 1.29 is 38.6 Å². The van der Waals surface area contributed by atoms with E-state index in [-0.39, 0.29) is 47.4 Å². The minimum Gasteiger partial charge on any atom is -0.489 e. The molecule has 0 saturated carbocycles. The number of aromatic nitrogens is 1. The van der Waals surface area contributed by atoms with Crippen LogP contribution in [0.4, 0.5) is 15.2 Å². The fourth-order valence-corrected chi connectivity index (χ4v) is 5.00. The number of nitrogens with one attached hydrogen (secondary N) is 1. The topological polar surface area (TPSA) is 188 Å². The lowest BCUT2D eigenvalue weighted by Gasteiger charge is -2.49. The molecule has 196 valence electrons. The Kier molecular flexibility index (Phi) is 6.28. The summed E-state index contributed by atoms with van der Waals surface area (Å²) < 4.78 is 19.8. The lowest BCUT2D eigenvalue weighted by Crippen LogP contribution is -2.73. The van der Waals surface area contributed by atoms with Gasteiger partial charge in [0.2, 0.25) is 0 Å². The molecule has 3 aliphatic rings. The van der Waals surface area contributed by atoms with Gasteiger partial charge in [0.15, 0.2) is 22.3 Å². The SMILES string of the molecule is Nc1nc(/C(=N/O)C(=O)N[C@@H]2C(=O)N3C(C(=O)O)=C(/C=C4\CCN(c5ccccc5F)C4=O)OC[C@H]23)cs1. The number of carbonyl (C=O) groups excluding carboxylic acids is 3. The number of para-hydroxylation sites is 1. The number of nitrogens with zero attached hydrogens (tertiary/aromatic N) is 4. The van der Waals surface area contributed by atoms with Crippen molar-refractivity contribution in [1.29, 1.82) is 0 Å². The van der Waals surface area contributed by atoms with Crippen LogP contribution in [0.5, 0.6) is 0 Å². The zero-order valence-electron chi connectivity index (χ0n) is 19.3. The molecule has 2 fully saturated rings. The van der Waals surface area contributed by atoms with Gasteiger partial charge < -0.3 is 31.0 Å².